The van der Waals surface area contributed by atoms with Gasteiger partial charge in [0.05, 0.1) is 24.2 Å². The second-order valence-corrected chi connectivity index (χ2v) is 6.94. The molecule has 0 amide bonds. The molecule has 1 heterocycles. The van der Waals surface area contributed by atoms with Crippen molar-refractivity contribution in [3.8, 4) is 0 Å². The zero-order valence-corrected chi connectivity index (χ0v) is 15.3. The fourth-order valence-electron chi connectivity index (χ4n) is 2.75. The number of nitrogens with one attached hydrogen (secondary N) is 3. The number of rotatable bonds is 9. The lowest BCUT2D eigenvalue weighted by atomic mass is 9.88. The van der Waals surface area contributed by atoms with Crippen molar-refractivity contribution in [1.29, 1.82) is 0 Å². The molecule has 25 heavy (non-hydrogen) atoms. The number of hydrogen-bond acceptors (Lipinski definition) is 5. The molecular weight excluding hydrogens is 318 g/mol. The minimum Gasteiger partial charge on any atom is -0.394 e. The molecule has 6 nitrogen and oxygen atoms in total. The number of fused-ring (bicyclic) bond motifs is 1. The highest BCUT2D eigenvalue weighted by molar-refractivity contribution is 5.92. The third kappa shape index (κ3) is 3.98. The maximum Gasteiger partial charge on any atom is 0.168 e. The van der Waals surface area contributed by atoms with E-state index in [2.05, 4.69) is 15.6 Å². The monoisotopic (exact) mass is 345 g/mol. The topological polar surface area (TPSA) is 94.2 Å². The van der Waals surface area contributed by atoms with Crippen LogP contribution in [-0.4, -0.2) is 52.9 Å². The van der Waals surface area contributed by atoms with Gasteiger partial charge in [0.25, 0.3) is 0 Å². The van der Waals surface area contributed by atoms with Gasteiger partial charge >= 0.3 is 0 Å². The summed E-state index contributed by atoms with van der Waals surface area (Å²) in [4.78, 5) is 27.9. The summed E-state index contributed by atoms with van der Waals surface area (Å²) < 4.78 is 0. The minimum atomic E-state index is -1.02. The van der Waals surface area contributed by atoms with Crippen molar-refractivity contribution in [2.75, 3.05) is 20.2 Å². The number of carbonyl (C=O) groups excluding carboxylic acids is 2. The lowest BCUT2D eigenvalue weighted by Gasteiger charge is -2.31. The van der Waals surface area contributed by atoms with Crippen LogP contribution in [0.25, 0.3) is 10.9 Å². The summed E-state index contributed by atoms with van der Waals surface area (Å²) >= 11 is 0. The summed E-state index contributed by atoms with van der Waals surface area (Å²) in [6, 6.07) is 7.91. The van der Waals surface area contributed by atoms with Gasteiger partial charge in [0.15, 0.2) is 5.78 Å². The molecule has 0 spiro atoms. The Kier molecular flexibility index (Phi) is 5.77. The van der Waals surface area contributed by atoms with E-state index in [0.717, 1.165) is 16.5 Å². The number of aliphatic hydroxyl groups excluding tert-OH is 1. The van der Waals surface area contributed by atoms with Crippen LogP contribution >= 0.6 is 0 Å². The van der Waals surface area contributed by atoms with Crippen molar-refractivity contribution in [2.24, 2.45) is 0 Å². The average molecular weight is 345 g/mol. The van der Waals surface area contributed by atoms with E-state index in [1.165, 1.54) is 6.92 Å². The number of likely N-dealkylation sites (N-methyl/N-ethyl adjacent to an activating group) is 1. The molecule has 0 radical (unpaired) electrons. The van der Waals surface area contributed by atoms with Crippen molar-refractivity contribution in [2.45, 2.75) is 38.3 Å². The van der Waals surface area contributed by atoms with Gasteiger partial charge in [0.2, 0.25) is 0 Å². The number of para-hydroxylation sites is 1. The number of aromatic amines is 1. The van der Waals surface area contributed by atoms with E-state index >= 15 is 0 Å². The number of aliphatic hydroxyl groups is 1. The van der Waals surface area contributed by atoms with Crippen LogP contribution in [0.3, 0.4) is 0 Å². The Morgan fingerprint density at radius 1 is 1.20 bits per heavy atom. The standard InChI is InChI=1S/C19H27N3O3/c1-13(24)18(2,22-11-17(25)19(3,12-23)20-4)9-14-10-21-16-8-6-5-7-15(14)16/h5-8,10,20-23H,9,11-12H2,1-4H3. The number of hydrogen-bond donors (Lipinski definition) is 4. The summed E-state index contributed by atoms with van der Waals surface area (Å²) in [5.41, 5.74) is 0.144. The highest BCUT2D eigenvalue weighted by Crippen LogP contribution is 2.23. The van der Waals surface area contributed by atoms with Crippen LogP contribution in [0.1, 0.15) is 26.3 Å². The average Bonchev–Trinajstić information content (AvgIpc) is 3.01. The first kappa shape index (κ1) is 19.3. The van der Waals surface area contributed by atoms with Crippen LogP contribution in [0.4, 0.5) is 0 Å². The Hall–Kier alpha value is -2.02. The van der Waals surface area contributed by atoms with Gasteiger partial charge in [-0.2, -0.15) is 0 Å². The van der Waals surface area contributed by atoms with E-state index in [1.54, 1.807) is 20.9 Å². The summed E-state index contributed by atoms with van der Waals surface area (Å²) in [5, 5.41) is 16.4. The van der Waals surface area contributed by atoms with Gasteiger partial charge in [-0.05, 0) is 45.9 Å². The fraction of sp³-hybridized carbons (Fsp3) is 0.474. The van der Waals surface area contributed by atoms with E-state index in [-0.39, 0.29) is 24.7 Å². The predicted octanol–water partition coefficient (Wildman–Crippen LogP) is 1.19. The van der Waals surface area contributed by atoms with Crippen LogP contribution in [-0.2, 0) is 16.0 Å². The Morgan fingerprint density at radius 2 is 1.88 bits per heavy atom. The molecule has 136 valence electrons. The highest BCUT2D eigenvalue weighted by Gasteiger charge is 2.35. The Labute approximate surface area is 148 Å². The molecule has 0 saturated carbocycles. The zero-order valence-electron chi connectivity index (χ0n) is 15.3. The first-order chi connectivity index (χ1) is 11.8. The van der Waals surface area contributed by atoms with Gasteiger partial charge in [0, 0.05) is 17.1 Å². The quantitative estimate of drug-likeness (QED) is 0.548. The minimum absolute atomic E-state index is 0.00364. The summed E-state index contributed by atoms with van der Waals surface area (Å²) in [6.45, 7) is 4.66. The van der Waals surface area contributed by atoms with E-state index < -0.39 is 11.1 Å². The molecule has 0 fully saturated rings. The summed E-state index contributed by atoms with van der Waals surface area (Å²) in [6.07, 6.45) is 2.37. The van der Waals surface area contributed by atoms with E-state index in [4.69, 9.17) is 0 Å². The molecule has 0 saturated heterocycles. The molecule has 2 rings (SSSR count). The molecule has 1 aromatic carbocycles. The van der Waals surface area contributed by atoms with E-state index in [1.807, 2.05) is 30.5 Å². The summed E-state index contributed by atoms with van der Waals surface area (Å²) in [5.74, 6) is -0.232. The number of Topliss-reactive ketones (excluding diaryl/α,β-unsaturated/α-hetero) is 2. The number of benzene rings is 1. The van der Waals surface area contributed by atoms with Crippen LogP contribution in [0, 0.1) is 0 Å². The van der Waals surface area contributed by atoms with Crippen LogP contribution in [0.2, 0.25) is 0 Å². The number of aromatic nitrogens is 1. The van der Waals surface area contributed by atoms with Gasteiger partial charge in [-0.1, -0.05) is 18.2 Å². The smallest absolute Gasteiger partial charge is 0.168 e. The lowest BCUT2D eigenvalue weighted by molar-refractivity contribution is -0.127. The zero-order chi connectivity index (χ0) is 18.7. The van der Waals surface area contributed by atoms with E-state index in [0.29, 0.717) is 6.42 Å². The van der Waals surface area contributed by atoms with Gasteiger partial charge in [-0.15, -0.1) is 0 Å². The fourth-order valence-corrected chi connectivity index (χ4v) is 2.75. The molecule has 2 unspecified atom stereocenters. The molecule has 1 aromatic heterocycles. The van der Waals surface area contributed by atoms with Crippen LogP contribution in [0.5, 0.6) is 0 Å². The number of H-pyrrole nitrogens is 1. The third-order valence-electron chi connectivity index (χ3n) is 5.12. The molecule has 2 atom stereocenters. The molecular formula is C19H27N3O3. The maximum absolute atomic E-state index is 12.4. The second-order valence-electron chi connectivity index (χ2n) is 6.94. The lowest BCUT2D eigenvalue weighted by Crippen LogP contribution is -2.58. The van der Waals surface area contributed by atoms with Crippen molar-refractivity contribution in [3.63, 3.8) is 0 Å². The first-order valence-electron chi connectivity index (χ1n) is 8.40. The summed E-state index contributed by atoms with van der Waals surface area (Å²) in [7, 11) is 1.63. The Bertz CT molecular complexity index is 764. The second kappa shape index (κ2) is 7.47. The van der Waals surface area contributed by atoms with Crippen molar-refractivity contribution in [1.82, 2.24) is 15.6 Å². The van der Waals surface area contributed by atoms with Crippen LogP contribution < -0.4 is 10.6 Å². The van der Waals surface area contributed by atoms with Crippen molar-refractivity contribution < 1.29 is 14.7 Å². The van der Waals surface area contributed by atoms with Gasteiger partial charge in [-0.3, -0.25) is 14.9 Å². The molecule has 6 heteroatoms. The SMILES string of the molecule is CNC(C)(CO)C(=O)CNC(C)(Cc1c[nH]c2ccccc12)C(C)=O. The van der Waals surface area contributed by atoms with Crippen molar-refractivity contribution in [3.05, 3.63) is 36.0 Å². The number of carbonyl (C=O) groups is 2. The first-order valence-corrected chi connectivity index (χ1v) is 8.40. The van der Waals surface area contributed by atoms with Crippen LogP contribution in [0.15, 0.2) is 30.5 Å². The van der Waals surface area contributed by atoms with E-state index in [9.17, 15) is 14.7 Å². The Morgan fingerprint density at radius 3 is 2.48 bits per heavy atom. The van der Waals surface area contributed by atoms with Crippen molar-refractivity contribution >= 4 is 22.5 Å². The predicted molar refractivity (Wildman–Crippen MR) is 98.6 cm³/mol. The largest absolute Gasteiger partial charge is 0.394 e. The Balaban J connectivity index is 2.18. The number of ketones is 2. The molecule has 0 bridgehead atoms. The molecule has 0 aliphatic rings. The molecule has 2 aromatic rings. The van der Waals surface area contributed by atoms with Gasteiger partial charge < -0.3 is 15.4 Å². The van der Waals surface area contributed by atoms with Gasteiger partial charge in [-0.25, -0.2) is 0 Å². The highest BCUT2D eigenvalue weighted by atomic mass is 16.3. The van der Waals surface area contributed by atoms with Gasteiger partial charge in [0.1, 0.15) is 5.78 Å². The maximum atomic E-state index is 12.4. The normalized spacial score (nSPS) is 16.4. The molecule has 4 N–H and O–H groups in total. The molecule has 0 aliphatic carbocycles. The third-order valence-corrected chi connectivity index (χ3v) is 5.12. The molecule has 0 aliphatic heterocycles.